The number of hydrogen-bond donors (Lipinski definition) is 0. The molecule has 144 valence electrons. The molecular formula is C20H15Cl2NO4S. The number of carbonyl (C=O) groups is 1. The minimum Gasteiger partial charge on any atom is -0.495 e. The van der Waals surface area contributed by atoms with E-state index >= 15 is 0 Å². The first-order valence-corrected chi connectivity index (χ1v) is 10.3. The lowest BCUT2D eigenvalue weighted by Gasteiger charge is -2.23. The number of rotatable bonds is 5. The molecule has 0 unspecified atom stereocenters. The van der Waals surface area contributed by atoms with Crippen LogP contribution < -0.4 is 9.04 Å². The molecule has 1 amide bonds. The second-order valence-corrected chi connectivity index (χ2v) is 8.35. The van der Waals surface area contributed by atoms with Crippen LogP contribution >= 0.6 is 23.2 Å². The highest BCUT2D eigenvalue weighted by Gasteiger charge is 2.32. The fourth-order valence-electron chi connectivity index (χ4n) is 2.58. The molecule has 0 fully saturated rings. The van der Waals surface area contributed by atoms with E-state index in [0.29, 0.717) is 15.1 Å². The van der Waals surface area contributed by atoms with Gasteiger partial charge < -0.3 is 4.74 Å². The van der Waals surface area contributed by atoms with Crippen LogP contribution in [0.3, 0.4) is 0 Å². The highest BCUT2D eigenvalue weighted by Crippen LogP contribution is 2.33. The molecule has 28 heavy (non-hydrogen) atoms. The van der Waals surface area contributed by atoms with Crippen molar-refractivity contribution in [1.82, 2.24) is 0 Å². The van der Waals surface area contributed by atoms with E-state index in [4.69, 9.17) is 27.9 Å². The minimum absolute atomic E-state index is 0.0303. The first-order chi connectivity index (χ1) is 13.3. The monoisotopic (exact) mass is 435 g/mol. The van der Waals surface area contributed by atoms with Crippen molar-refractivity contribution in [3.63, 3.8) is 0 Å². The lowest BCUT2D eigenvalue weighted by atomic mass is 10.2. The van der Waals surface area contributed by atoms with Gasteiger partial charge in [-0.1, -0.05) is 47.5 Å². The van der Waals surface area contributed by atoms with Gasteiger partial charge in [0, 0.05) is 10.6 Å². The maximum absolute atomic E-state index is 13.3. The van der Waals surface area contributed by atoms with Crippen LogP contribution in [0.15, 0.2) is 77.7 Å². The summed E-state index contributed by atoms with van der Waals surface area (Å²) in [6.45, 7) is 0. The van der Waals surface area contributed by atoms with Gasteiger partial charge in [-0.05, 0) is 48.5 Å². The molecule has 0 aliphatic heterocycles. The van der Waals surface area contributed by atoms with Crippen LogP contribution in [-0.4, -0.2) is 21.4 Å². The van der Waals surface area contributed by atoms with Crippen molar-refractivity contribution in [3.8, 4) is 5.75 Å². The number of carbonyl (C=O) groups excluding carboxylic acids is 1. The summed E-state index contributed by atoms with van der Waals surface area (Å²) < 4.78 is 32.4. The Morgan fingerprint density at radius 1 is 0.929 bits per heavy atom. The van der Waals surface area contributed by atoms with Gasteiger partial charge in [0.1, 0.15) is 5.75 Å². The normalized spacial score (nSPS) is 11.1. The molecule has 0 spiro atoms. The Morgan fingerprint density at radius 3 is 2.25 bits per heavy atom. The van der Waals surface area contributed by atoms with E-state index in [0.717, 1.165) is 0 Å². The van der Waals surface area contributed by atoms with Gasteiger partial charge in [-0.3, -0.25) is 4.79 Å². The molecule has 3 rings (SSSR count). The van der Waals surface area contributed by atoms with Crippen molar-refractivity contribution in [1.29, 1.82) is 0 Å². The Balaban J connectivity index is 2.19. The SMILES string of the molecule is COc1ccc(N(C(=O)c2cccc(Cl)c2)S(=O)(=O)c2ccccc2)cc1Cl. The first kappa shape index (κ1) is 20.2. The number of methoxy groups -OCH3 is 1. The zero-order valence-corrected chi connectivity index (χ0v) is 17.0. The fraction of sp³-hybridized carbons (Fsp3) is 0.0500. The van der Waals surface area contributed by atoms with E-state index in [1.165, 1.54) is 49.6 Å². The summed E-state index contributed by atoms with van der Waals surface area (Å²) in [6, 6.07) is 18.1. The Morgan fingerprint density at radius 2 is 1.64 bits per heavy atom. The van der Waals surface area contributed by atoms with E-state index in [1.54, 1.807) is 30.3 Å². The Hall–Kier alpha value is -2.54. The molecule has 5 nitrogen and oxygen atoms in total. The molecule has 0 bridgehead atoms. The highest BCUT2D eigenvalue weighted by atomic mass is 35.5. The molecule has 0 saturated carbocycles. The van der Waals surface area contributed by atoms with Crippen LogP contribution in [0.4, 0.5) is 5.69 Å². The number of benzene rings is 3. The number of ether oxygens (including phenoxy) is 1. The molecule has 0 atom stereocenters. The summed E-state index contributed by atoms with van der Waals surface area (Å²) in [4.78, 5) is 13.2. The molecule has 0 saturated heterocycles. The Bertz CT molecular complexity index is 1120. The van der Waals surface area contributed by atoms with Crippen LogP contribution in [-0.2, 0) is 10.0 Å². The number of sulfonamides is 1. The second kappa shape index (κ2) is 8.22. The number of anilines is 1. The summed E-state index contributed by atoms with van der Waals surface area (Å²) in [7, 11) is -2.77. The van der Waals surface area contributed by atoms with E-state index in [1.807, 2.05) is 0 Å². The van der Waals surface area contributed by atoms with Gasteiger partial charge in [0.05, 0.1) is 22.7 Å². The van der Waals surface area contributed by atoms with Crippen LogP contribution in [0, 0.1) is 0 Å². The van der Waals surface area contributed by atoms with Crippen molar-refractivity contribution >= 4 is 44.8 Å². The number of nitrogens with zero attached hydrogens (tertiary/aromatic N) is 1. The predicted octanol–water partition coefficient (Wildman–Crippen LogP) is 5.04. The molecule has 0 aliphatic carbocycles. The average molecular weight is 436 g/mol. The van der Waals surface area contributed by atoms with Gasteiger partial charge in [-0.15, -0.1) is 0 Å². The third kappa shape index (κ3) is 3.99. The zero-order chi connectivity index (χ0) is 20.3. The van der Waals surface area contributed by atoms with Gasteiger partial charge >= 0.3 is 0 Å². The van der Waals surface area contributed by atoms with Gasteiger partial charge in [0.2, 0.25) is 0 Å². The van der Waals surface area contributed by atoms with Gasteiger partial charge in [0.25, 0.3) is 15.9 Å². The topological polar surface area (TPSA) is 63.7 Å². The summed E-state index contributed by atoms with van der Waals surface area (Å²) in [6.07, 6.45) is 0. The molecule has 3 aromatic rings. The second-order valence-electron chi connectivity index (χ2n) is 5.72. The molecule has 3 aromatic carbocycles. The van der Waals surface area contributed by atoms with E-state index in [9.17, 15) is 13.2 Å². The zero-order valence-electron chi connectivity index (χ0n) is 14.7. The smallest absolute Gasteiger partial charge is 0.272 e. The largest absolute Gasteiger partial charge is 0.495 e. The fourth-order valence-corrected chi connectivity index (χ4v) is 4.45. The molecule has 8 heteroatoms. The highest BCUT2D eigenvalue weighted by molar-refractivity contribution is 7.93. The van der Waals surface area contributed by atoms with Crippen LogP contribution in [0.25, 0.3) is 0 Å². The van der Waals surface area contributed by atoms with E-state index in [2.05, 4.69) is 0 Å². The lowest BCUT2D eigenvalue weighted by Crippen LogP contribution is -2.37. The van der Waals surface area contributed by atoms with Crippen molar-refractivity contribution < 1.29 is 17.9 Å². The third-order valence-electron chi connectivity index (χ3n) is 3.91. The summed E-state index contributed by atoms with van der Waals surface area (Å²) in [5.41, 5.74) is 0.207. The van der Waals surface area contributed by atoms with Crippen molar-refractivity contribution in [2.75, 3.05) is 11.4 Å². The summed E-state index contributed by atoms with van der Waals surface area (Å²) in [5, 5.41) is 0.489. The quantitative estimate of drug-likeness (QED) is 0.562. The van der Waals surface area contributed by atoms with Gasteiger partial charge in [-0.2, -0.15) is 4.31 Å². The first-order valence-electron chi connectivity index (χ1n) is 8.08. The van der Waals surface area contributed by atoms with Crippen LogP contribution in [0.1, 0.15) is 10.4 Å². The standard InChI is InChI=1S/C20H15Cl2NO4S/c1-27-19-11-10-16(13-18(19)22)23(20(24)14-6-5-7-15(21)12-14)28(25,26)17-8-3-2-4-9-17/h2-13H,1H3. The molecule has 0 N–H and O–H groups in total. The lowest BCUT2D eigenvalue weighted by molar-refractivity contribution is 0.101. The maximum atomic E-state index is 13.3. The van der Waals surface area contributed by atoms with Gasteiger partial charge in [0.15, 0.2) is 0 Å². The third-order valence-corrected chi connectivity index (χ3v) is 6.16. The summed E-state index contributed by atoms with van der Waals surface area (Å²) >= 11 is 12.1. The molecular weight excluding hydrogens is 421 g/mol. The molecule has 0 aliphatic rings. The van der Waals surface area contributed by atoms with Crippen molar-refractivity contribution in [3.05, 3.63) is 88.4 Å². The van der Waals surface area contributed by atoms with Crippen molar-refractivity contribution in [2.45, 2.75) is 4.90 Å². The minimum atomic E-state index is -4.21. The van der Waals surface area contributed by atoms with E-state index < -0.39 is 15.9 Å². The van der Waals surface area contributed by atoms with E-state index in [-0.39, 0.29) is 21.2 Å². The Kier molecular flexibility index (Phi) is 5.93. The number of amides is 1. The predicted molar refractivity (Wildman–Crippen MR) is 110 cm³/mol. The Labute approximate surface area is 173 Å². The maximum Gasteiger partial charge on any atom is 0.272 e. The molecule has 0 radical (unpaired) electrons. The van der Waals surface area contributed by atoms with Gasteiger partial charge in [-0.25, -0.2) is 8.42 Å². The molecule has 0 heterocycles. The van der Waals surface area contributed by atoms with Crippen molar-refractivity contribution in [2.24, 2.45) is 0 Å². The molecule has 0 aromatic heterocycles. The average Bonchev–Trinajstić information content (AvgIpc) is 2.69. The number of hydrogen-bond acceptors (Lipinski definition) is 4. The van der Waals surface area contributed by atoms with Crippen LogP contribution in [0.5, 0.6) is 5.75 Å². The number of halogens is 2. The summed E-state index contributed by atoms with van der Waals surface area (Å²) in [5.74, 6) is -0.398. The van der Waals surface area contributed by atoms with Crippen LogP contribution in [0.2, 0.25) is 10.0 Å².